The Kier molecular flexibility index (Phi) is 4.72. The second-order valence-corrected chi connectivity index (χ2v) is 9.81. The SMILES string of the molecule is CCc1nc(NC(=O)c2c(C)nn([C@@H]3CCS(=O)(=O)C3)c2C)sc1C. The predicted molar refractivity (Wildman–Crippen MR) is 98.2 cm³/mol. The molecule has 0 saturated carbocycles. The molecule has 7 nitrogen and oxygen atoms in total. The van der Waals surface area contributed by atoms with Crippen LogP contribution in [0.2, 0.25) is 0 Å². The number of anilines is 1. The number of aryl methyl sites for hydroxylation is 3. The molecule has 136 valence electrons. The molecule has 0 aliphatic carbocycles. The van der Waals surface area contributed by atoms with Crippen molar-refractivity contribution in [3.05, 3.63) is 27.5 Å². The van der Waals surface area contributed by atoms with Crippen molar-refractivity contribution in [2.45, 2.75) is 46.6 Å². The molecule has 1 atom stereocenters. The first-order valence-corrected chi connectivity index (χ1v) is 10.9. The van der Waals surface area contributed by atoms with Crippen LogP contribution in [0.3, 0.4) is 0 Å². The van der Waals surface area contributed by atoms with Crippen molar-refractivity contribution in [2.24, 2.45) is 0 Å². The van der Waals surface area contributed by atoms with Crippen LogP contribution < -0.4 is 5.32 Å². The highest BCUT2D eigenvalue weighted by molar-refractivity contribution is 7.91. The Morgan fingerprint density at radius 3 is 2.64 bits per heavy atom. The first-order valence-electron chi connectivity index (χ1n) is 8.25. The van der Waals surface area contributed by atoms with Crippen molar-refractivity contribution in [3.8, 4) is 0 Å². The van der Waals surface area contributed by atoms with E-state index in [1.165, 1.54) is 11.3 Å². The maximum absolute atomic E-state index is 12.7. The van der Waals surface area contributed by atoms with Crippen molar-refractivity contribution in [1.82, 2.24) is 14.8 Å². The molecule has 1 saturated heterocycles. The topological polar surface area (TPSA) is 93.9 Å². The number of nitrogens with zero attached hydrogens (tertiary/aromatic N) is 3. The van der Waals surface area contributed by atoms with Gasteiger partial charge in [0.2, 0.25) is 0 Å². The molecule has 9 heteroatoms. The number of rotatable bonds is 4. The molecule has 1 N–H and O–H groups in total. The first-order chi connectivity index (χ1) is 11.7. The van der Waals surface area contributed by atoms with Gasteiger partial charge in [-0.1, -0.05) is 6.92 Å². The van der Waals surface area contributed by atoms with E-state index < -0.39 is 9.84 Å². The fourth-order valence-corrected chi connectivity index (χ4v) is 5.87. The van der Waals surface area contributed by atoms with Crippen molar-refractivity contribution >= 4 is 32.2 Å². The molecule has 3 rings (SSSR count). The highest BCUT2D eigenvalue weighted by Gasteiger charge is 2.32. The molecule has 0 radical (unpaired) electrons. The number of hydrogen-bond donors (Lipinski definition) is 1. The maximum Gasteiger partial charge on any atom is 0.261 e. The molecule has 0 unspecified atom stereocenters. The smallest absolute Gasteiger partial charge is 0.261 e. The third-order valence-corrected chi connectivity index (χ3v) is 7.23. The number of nitrogens with one attached hydrogen (secondary N) is 1. The summed E-state index contributed by atoms with van der Waals surface area (Å²) in [6.07, 6.45) is 1.36. The van der Waals surface area contributed by atoms with E-state index in [1.807, 2.05) is 20.8 Å². The number of amides is 1. The minimum Gasteiger partial charge on any atom is -0.298 e. The number of sulfone groups is 1. The minimum absolute atomic E-state index is 0.0849. The Morgan fingerprint density at radius 1 is 1.36 bits per heavy atom. The van der Waals surface area contributed by atoms with Crippen molar-refractivity contribution in [1.29, 1.82) is 0 Å². The van der Waals surface area contributed by atoms with E-state index in [2.05, 4.69) is 15.4 Å². The molecule has 1 fully saturated rings. The van der Waals surface area contributed by atoms with Crippen LogP contribution in [0.15, 0.2) is 0 Å². The number of aromatic nitrogens is 3. The molecule has 25 heavy (non-hydrogen) atoms. The summed E-state index contributed by atoms with van der Waals surface area (Å²) in [5.74, 6) is 0.00981. The van der Waals surface area contributed by atoms with E-state index >= 15 is 0 Å². The third-order valence-electron chi connectivity index (χ3n) is 4.55. The van der Waals surface area contributed by atoms with Gasteiger partial charge in [0.1, 0.15) is 0 Å². The summed E-state index contributed by atoms with van der Waals surface area (Å²) in [5.41, 5.74) is 2.78. The summed E-state index contributed by atoms with van der Waals surface area (Å²) < 4.78 is 25.1. The lowest BCUT2D eigenvalue weighted by Crippen LogP contribution is -2.16. The van der Waals surface area contributed by atoms with Crippen LogP contribution in [0.1, 0.15) is 51.7 Å². The second-order valence-electron chi connectivity index (χ2n) is 6.38. The van der Waals surface area contributed by atoms with Crippen LogP contribution in [0.25, 0.3) is 0 Å². The van der Waals surface area contributed by atoms with E-state index in [1.54, 1.807) is 11.6 Å². The molecule has 1 aliphatic heterocycles. The lowest BCUT2D eigenvalue weighted by Gasteiger charge is -2.11. The van der Waals surface area contributed by atoms with Gasteiger partial charge >= 0.3 is 0 Å². The fourth-order valence-electron chi connectivity index (χ4n) is 3.28. The summed E-state index contributed by atoms with van der Waals surface area (Å²) in [6, 6.07) is -0.195. The Morgan fingerprint density at radius 2 is 2.08 bits per heavy atom. The highest BCUT2D eigenvalue weighted by atomic mass is 32.2. The Balaban J connectivity index is 1.86. The van der Waals surface area contributed by atoms with Crippen LogP contribution in [0.4, 0.5) is 5.13 Å². The zero-order valence-corrected chi connectivity index (χ0v) is 16.4. The van der Waals surface area contributed by atoms with Crippen LogP contribution in [-0.2, 0) is 16.3 Å². The number of carbonyl (C=O) groups excluding carboxylic acids is 1. The molecule has 0 aromatic carbocycles. The minimum atomic E-state index is -3.01. The fraction of sp³-hybridized carbons (Fsp3) is 0.562. The maximum atomic E-state index is 12.7. The van der Waals surface area contributed by atoms with Gasteiger partial charge in [-0.2, -0.15) is 5.10 Å². The van der Waals surface area contributed by atoms with Gasteiger partial charge < -0.3 is 0 Å². The van der Waals surface area contributed by atoms with Gasteiger partial charge in [0, 0.05) is 10.6 Å². The lowest BCUT2D eigenvalue weighted by molar-refractivity contribution is 0.102. The standard InChI is InChI=1S/C16H22N4O3S2/c1-5-13-11(4)24-16(17-13)18-15(21)14-9(2)19-20(10(14)3)12-6-7-25(22,23)8-12/h12H,5-8H2,1-4H3,(H,17,18,21)/t12-/m1/s1. The molecule has 2 aromatic heterocycles. The second kappa shape index (κ2) is 6.53. The van der Waals surface area contributed by atoms with Gasteiger partial charge in [-0.3, -0.25) is 14.8 Å². The van der Waals surface area contributed by atoms with Crippen LogP contribution in [0, 0.1) is 20.8 Å². The Labute approximate surface area is 151 Å². The van der Waals surface area contributed by atoms with Gasteiger partial charge in [0.15, 0.2) is 15.0 Å². The summed E-state index contributed by atoms with van der Waals surface area (Å²) >= 11 is 1.46. The molecule has 1 amide bonds. The van der Waals surface area contributed by atoms with Crippen LogP contribution in [-0.4, -0.2) is 40.6 Å². The third kappa shape index (κ3) is 3.48. The van der Waals surface area contributed by atoms with E-state index in [0.717, 1.165) is 17.0 Å². The normalized spacial score (nSPS) is 19.3. The van der Waals surface area contributed by atoms with E-state index in [0.29, 0.717) is 28.5 Å². The van der Waals surface area contributed by atoms with Gasteiger partial charge in [0.25, 0.3) is 5.91 Å². The van der Waals surface area contributed by atoms with Crippen molar-refractivity contribution in [3.63, 3.8) is 0 Å². The molecule has 0 spiro atoms. The van der Waals surface area contributed by atoms with Crippen LogP contribution >= 0.6 is 11.3 Å². The average molecular weight is 383 g/mol. The first kappa shape index (κ1) is 18.1. The Hall–Kier alpha value is -1.74. The van der Waals surface area contributed by atoms with E-state index in [9.17, 15) is 13.2 Å². The summed E-state index contributed by atoms with van der Waals surface area (Å²) in [7, 11) is -3.01. The monoisotopic (exact) mass is 382 g/mol. The van der Waals surface area contributed by atoms with Crippen molar-refractivity contribution < 1.29 is 13.2 Å². The van der Waals surface area contributed by atoms with Crippen molar-refractivity contribution in [2.75, 3.05) is 16.8 Å². The largest absolute Gasteiger partial charge is 0.298 e. The summed E-state index contributed by atoms with van der Waals surface area (Å²) in [5, 5.41) is 7.86. The predicted octanol–water partition coefficient (Wildman–Crippen LogP) is 2.44. The summed E-state index contributed by atoms with van der Waals surface area (Å²) in [4.78, 5) is 18.2. The number of carbonyl (C=O) groups is 1. The number of thiazole rings is 1. The zero-order valence-electron chi connectivity index (χ0n) is 14.8. The molecular formula is C16H22N4O3S2. The van der Waals surface area contributed by atoms with Crippen LogP contribution in [0.5, 0.6) is 0 Å². The number of hydrogen-bond acceptors (Lipinski definition) is 6. The summed E-state index contributed by atoms with van der Waals surface area (Å²) in [6.45, 7) is 7.60. The molecule has 3 heterocycles. The zero-order chi connectivity index (χ0) is 18.4. The molecule has 1 aliphatic rings. The molecule has 2 aromatic rings. The van der Waals surface area contributed by atoms with E-state index in [4.69, 9.17) is 0 Å². The average Bonchev–Trinajstić information content (AvgIpc) is 3.14. The van der Waals surface area contributed by atoms with E-state index in [-0.39, 0.29) is 23.5 Å². The van der Waals surface area contributed by atoms with Gasteiger partial charge in [-0.25, -0.2) is 13.4 Å². The molecule has 0 bridgehead atoms. The van der Waals surface area contributed by atoms with Gasteiger partial charge in [-0.15, -0.1) is 11.3 Å². The lowest BCUT2D eigenvalue weighted by atomic mass is 10.1. The highest BCUT2D eigenvalue weighted by Crippen LogP contribution is 2.28. The van der Waals surface area contributed by atoms with Gasteiger partial charge in [-0.05, 0) is 33.6 Å². The molecular weight excluding hydrogens is 360 g/mol. The Bertz CT molecular complexity index is 928. The quantitative estimate of drug-likeness (QED) is 0.876. The van der Waals surface area contributed by atoms with Gasteiger partial charge in [0.05, 0.1) is 34.5 Å².